The molecule has 2 aromatic rings. The van der Waals surface area contributed by atoms with Crippen LogP contribution >= 0.6 is 0 Å². The van der Waals surface area contributed by atoms with Gasteiger partial charge < -0.3 is 24.8 Å². The van der Waals surface area contributed by atoms with E-state index in [2.05, 4.69) is 29.6 Å². The Labute approximate surface area is 183 Å². The predicted octanol–water partition coefficient (Wildman–Crippen LogP) is 3.75. The molecule has 0 heterocycles. The maximum Gasteiger partial charge on any atom is 0.409 e. The molecule has 0 saturated heterocycles. The molecule has 0 bridgehead atoms. The monoisotopic (exact) mass is 426 g/mol. The number of carbonyl (C=O) groups excluding carboxylic acids is 2. The fraction of sp³-hybridized carbons (Fsp3) is 0.417. The van der Waals surface area contributed by atoms with Gasteiger partial charge in [-0.3, -0.25) is 0 Å². The molecule has 2 aromatic carbocycles. The molecule has 0 saturated carbocycles. The lowest BCUT2D eigenvalue weighted by Gasteiger charge is -2.23. The Bertz CT molecular complexity index is 892. The van der Waals surface area contributed by atoms with Gasteiger partial charge in [-0.05, 0) is 43.0 Å². The molecule has 0 radical (unpaired) electrons. The number of amides is 2. The fourth-order valence-electron chi connectivity index (χ4n) is 3.67. The Morgan fingerprint density at radius 2 is 1.61 bits per heavy atom. The van der Waals surface area contributed by atoms with E-state index in [1.807, 2.05) is 24.3 Å². The first-order valence-corrected chi connectivity index (χ1v) is 10.4. The van der Waals surface area contributed by atoms with Crippen molar-refractivity contribution in [1.29, 1.82) is 0 Å². The van der Waals surface area contributed by atoms with Crippen molar-refractivity contribution in [2.24, 2.45) is 0 Å². The molecule has 31 heavy (non-hydrogen) atoms. The second-order valence-corrected chi connectivity index (χ2v) is 8.72. The molecule has 1 atom stereocenters. The number of likely N-dealkylation sites (N-methyl/N-ethyl adjacent to an activating group) is 1. The molecule has 7 heteroatoms. The van der Waals surface area contributed by atoms with E-state index < -0.39 is 23.9 Å². The first kappa shape index (κ1) is 22.6. The van der Waals surface area contributed by atoms with E-state index in [4.69, 9.17) is 9.47 Å². The molecule has 2 N–H and O–H groups in total. The van der Waals surface area contributed by atoms with Crippen molar-refractivity contribution in [2.75, 3.05) is 26.7 Å². The molecule has 0 spiro atoms. The van der Waals surface area contributed by atoms with Crippen LogP contribution in [0.2, 0.25) is 0 Å². The fourth-order valence-corrected chi connectivity index (χ4v) is 3.67. The van der Waals surface area contributed by atoms with Crippen molar-refractivity contribution in [1.82, 2.24) is 10.2 Å². The van der Waals surface area contributed by atoms with Gasteiger partial charge in [-0.1, -0.05) is 48.5 Å². The molecule has 0 fully saturated rings. The number of carbonyl (C=O) groups is 2. The highest BCUT2D eigenvalue weighted by Gasteiger charge is 2.29. The number of nitrogens with one attached hydrogen (secondary N) is 1. The van der Waals surface area contributed by atoms with E-state index in [1.54, 1.807) is 27.8 Å². The summed E-state index contributed by atoms with van der Waals surface area (Å²) in [7, 11) is 1.55. The van der Waals surface area contributed by atoms with Gasteiger partial charge in [-0.2, -0.15) is 0 Å². The van der Waals surface area contributed by atoms with Crippen molar-refractivity contribution in [3.8, 4) is 11.1 Å². The molecule has 166 valence electrons. The number of hydrogen-bond acceptors (Lipinski definition) is 5. The molecular weight excluding hydrogens is 396 g/mol. The summed E-state index contributed by atoms with van der Waals surface area (Å²) in [5.74, 6) is -0.0245. The minimum atomic E-state index is -0.946. The van der Waals surface area contributed by atoms with Crippen LogP contribution in [0, 0.1) is 0 Å². The Balaban J connectivity index is 1.51. The Morgan fingerprint density at radius 3 is 2.16 bits per heavy atom. The summed E-state index contributed by atoms with van der Waals surface area (Å²) in [4.78, 5) is 25.4. The van der Waals surface area contributed by atoms with Crippen molar-refractivity contribution < 1.29 is 24.2 Å². The maximum atomic E-state index is 12.5. The van der Waals surface area contributed by atoms with E-state index in [-0.39, 0.29) is 25.6 Å². The maximum absolute atomic E-state index is 12.5. The zero-order valence-electron chi connectivity index (χ0n) is 18.4. The molecule has 1 aliphatic rings. The van der Waals surface area contributed by atoms with Gasteiger partial charge in [0.1, 0.15) is 12.2 Å². The van der Waals surface area contributed by atoms with Crippen LogP contribution in [0.3, 0.4) is 0 Å². The number of ether oxygens (including phenoxy) is 2. The lowest BCUT2D eigenvalue weighted by Crippen LogP contribution is -2.42. The third kappa shape index (κ3) is 5.76. The summed E-state index contributed by atoms with van der Waals surface area (Å²) in [5.41, 5.74) is 3.99. The van der Waals surface area contributed by atoms with Crippen molar-refractivity contribution in [3.05, 3.63) is 59.7 Å². The number of nitrogens with zero attached hydrogens (tertiary/aromatic N) is 1. The second kappa shape index (κ2) is 9.39. The zero-order chi connectivity index (χ0) is 22.6. The highest BCUT2D eigenvalue weighted by atomic mass is 16.6. The normalized spacial score (nSPS) is 13.7. The van der Waals surface area contributed by atoms with E-state index >= 15 is 0 Å². The molecule has 1 unspecified atom stereocenters. The molecule has 1 aliphatic carbocycles. The summed E-state index contributed by atoms with van der Waals surface area (Å²) in [6, 6.07) is 16.3. The van der Waals surface area contributed by atoms with Crippen LogP contribution in [0.5, 0.6) is 0 Å². The number of aliphatic hydroxyl groups excluding tert-OH is 1. The molecule has 2 amide bonds. The van der Waals surface area contributed by atoms with Crippen molar-refractivity contribution in [2.45, 2.75) is 38.4 Å². The first-order chi connectivity index (χ1) is 14.7. The van der Waals surface area contributed by atoms with Crippen LogP contribution in [-0.4, -0.2) is 60.6 Å². The SMILES string of the molecule is CN(CC(O)CNC(=O)OC(C)(C)C)C(=O)OCC1c2ccccc2-c2ccccc21. The highest BCUT2D eigenvalue weighted by Crippen LogP contribution is 2.44. The number of benzene rings is 2. The molecule has 7 nitrogen and oxygen atoms in total. The van der Waals surface area contributed by atoms with E-state index in [1.165, 1.54) is 4.90 Å². The lowest BCUT2D eigenvalue weighted by molar-refractivity contribution is 0.0468. The first-order valence-electron chi connectivity index (χ1n) is 10.4. The number of rotatable bonds is 6. The van der Waals surface area contributed by atoms with Crippen LogP contribution in [0.25, 0.3) is 11.1 Å². The van der Waals surface area contributed by atoms with E-state index in [0.29, 0.717) is 0 Å². The van der Waals surface area contributed by atoms with Gasteiger partial charge in [0.15, 0.2) is 0 Å². The van der Waals surface area contributed by atoms with Crippen LogP contribution in [0.1, 0.15) is 37.8 Å². The number of alkyl carbamates (subject to hydrolysis) is 1. The van der Waals surface area contributed by atoms with Gasteiger partial charge in [0.25, 0.3) is 0 Å². The quantitative estimate of drug-likeness (QED) is 0.734. The third-order valence-corrected chi connectivity index (χ3v) is 5.01. The summed E-state index contributed by atoms with van der Waals surface area (Å²) in [6.45, 7) is 5.47. The molecule has 0 aromatic heterocycles. The second-order valence-electron chi connectivity index (χ2n) is 8.72. The van der Waals surface area contributed by atoms with Crippen LogP contribution in [-0.2, 0) is 9.47 Å². The van der Waals surface area contributed by atoms with Gasteiger partial charge in [0, 0.05) is 19.5 Å². The standard InChI is InChI=1S/C24H30N2O5/c1-24(2,3)31-22(28)25-13-16(27)14-26(4)23(29)30-15-21-19-11-7-5-9-17(19)18-10-6-8-12-20(18)21/h5-12,16,21,27H,13-15H2,1-4H3,(H,25,28). The van der Waals surface area contributed by atoms with E-state index in [9.17, 15) is 14.7 Å². The van der Waals surface area contributed by atoms with Crippen LogP contribution in [0.15, 0.2) is 48.5 Å². The Kier molecular flexibility index (Phi) is 6.85. The van der Waals surface area contributed by atoms with Gasteiger partial charge in [0.2, 0.25) is 0 Å². The minimum absolute atomic E-state index is 0.0203. The number of aliphatic hydroxyl groups is 1. The molecular formula is C24H30N2O5. The van der Waals surface area contributed by atoms with Gasteiger partial charge in [0.05, 0.1) is 12.6 Å². The third-order valence-electron chi connectivity index (χ3n) is 5.01. The summed E-state index contributed by atoms with van der Waals surface area (Å²) in [5, 5.41) is 12.6. The van der Waals surface area contributed by atoms with Crippen LogP contribution < -0.4 is 5.32 Å². The minimum Gasteiger partial charge on any atom is -0.448 e. The summed E-state index contributed by atoms with van der Waals surface area (Å²) in [6.07, 6.45) is -2.09. The van der Waals surface area contributed by atoms with Gasteiger partial charge >= 0.3 is 12.2 Å². The number of hydrogen-bond donors (Lipinski definition) is 2. The lowest BCUT2D eigenvalue weighted by atomic mass is 9.98. The van der Waals surface area contributed by atoms with Gasteiger partial charge in [-0.15, -0.1) is 0 Å². The molecule has 3 rings (SSSR count). The largest absolute Gasteiger partial charge is 0.448 e. The summed E-state index contributed by atoms with van der Waals surface area (Å²) < 4.78 is 10.7. The van der Waals surface area contributed by atoms with Crippen molar-refractivity contribution in [3.63, 3.8) is 0 Å². The van der Waals surface area contributed by atoms with Crippen LogP contribution in [0.4, 0.5) is 9.59 Å². The average Bonchev–Trinajstić information content (AvgIpc) is 3.03. The highest BCUT2D eigenvalue weighted by molar-refractivity contribution is 5.79. The molecule has 0 aliphatic heterocycles. The number of fused-ring (bicyclic) bond motifs is 3. The average molecular weight is 427 g/mol. The van der Waals surface area contributed by atoms with E-state index in [0.717, 1.165) is 22.3 Å². The smallest absolute Gasteiger partial charge is 0.409 e. The zero-order valence-corrected chi connectivity index (χ0v) is 18.4. The van der Waals surface area contributed by atoms with Gasteiger partial charge in [-0.25, -0.2) is 9.59 Å². The van der Waals surface area contributed by atoms with Crippen molar-refractivity contribution >= 4 is 12.2 Å². The topological polar surface area (TPSA) is 88.1 Å². The Hall–Kier alpha value is -3.06. The predicted molar refractivity (Wildman–Crippen MR) is 118 cm³/mol. The summed E-state index contributed by atoms with van der Waals surface area (Å²) >= 11 is 0. The Morgan fingerprint density at radius 1 is 1.06 bits per heavy atom.